The highest BCUT2D eigenvalue weighted by atomic mass is 19.3. The molecule has 7 nitrogen and oxygen atoms in total. The van der Waals surface area contributed by atoms with Crippen LogP contribution in [0.4, 0.5) is 14.6 Å². The summed E-state index contributed by atoms with van der Waals surface area (Å²) in [6, 6.07) is 3.13. The predicted octanol–water partition coefficient (Wildman–Crippen LogP) is 2.49. The monoisotopic (exact) mass is 403 g/mol. The van der Waals surface area contributed by atoms with Crippen molar-refractivity contribution in [2.75, 3.05) is 18.4 Å². The number of aromatic nitrogens is 3. The van der Waals surface area contributed by atoms with Gasteiger partial charge in [0.1, 0.15) is 5.82 Å². The third-order valence-electron chi connectivity index (χ3n) is 5.72. The molecule has 1 aliphatic carbocycles. The standard InChI is InChI=1S/C20H23F2N5O2/c1-12(19(29)26-17-5-4-14(8-24-17)13-2-3-13)27-7-6-20(21,22)15(11-27)16-9-25-18(28)10-23-16/h4-5,8-10,12-13,15H,2-3,6-7,11H2,1H3,(H,25,28)(H,24,26,29)/t12-,15+/m0/s1. The lowest BCUT2D eigenvalue weighted by atomic mass is 9.90. The number of anilines is 1. The molecule has 29 heavy (non-hydrogen) atoms. The maximum Gasteiger partial charge on any atom is 0.266 e. The van der Waals surface area contributed by atoms with Gasteiger partial charge >= 0.3 is 0 Å². The van der Waals surface area contributed by atoms with E-state index in [4.69, 9.17) is 0 Å². The van der Waals surface area contributed by atoms with Crippen LogP contribution in [0.1, 0.15) is 49.3 Å². The number of carbonyl (C=O) groups is 1. The molecule has 2 atom stereocenters. The molecule has 1 amide bonds. The van der Waals surface area contributed by atoms with Gasteiger partial charge in [-0.25, -0.2) is 13.8 Å². The van der Waals surface area contributed by atoms with Crippen molar-refractivity contribution in [3.63, 3.8) is 0 Å². The van der Waals surface area contributed by atoms with Gasteiger partial charge in [0.2, 0.25) is 5.91 Å². The molecule has 4 rings (SSSR count). The highest BCUT2D eigenvalue weighted by molar-refractivity contribution is 5.93. The van der Waals surface area contributed by atoms with Crippen LogP contribution in [-0.4, -0.2) is 50.8 Å². The lowest BCUT2D eigenvalue weighted by molar-refractivity contribution is -0.125. The van der Waals surface area contributed by atoms with Crippen LogP contribution in [-0.2, 0) is 4.79 Å². The molecule has 2 aromatic heterocycles. The molecule has 0 radical (unpaired) electrons. The first-order valence-electron chi connectivity index (χ1n) is 9.77. The van der Waals surface area contributed by atoms with Gasteiger partial charge in [-0.2, -0.15) is 0 Å². The fourth-order valence-electron chi connectivity index (χ4n) is 3.67. The van der Waals surface area contributed by atoms with Gasteiger partial charge < -0.3 is 10.3 Å². The first-order valence-corrected chi connectivity index (χ1v) is 9.77. The number of rotatable bonds is 5. The fourth-order valence-corrected chi connectivity index (χ4v) is 3.67. The van der Waals surface area contributed by atoms with Crippen molar-refractivity contribution >= 4 is 11.7 Å². The quantitative estimate of drug-likeness (QED) is 0.801. The number of aromatic amines is 1. The van der Waals surface area contributed by atoms with Crippen molar-refractivity contribution in [2.45, 2.75) is 50.0 Å². The van der Waals surface area contributed by atoms with E-state index in [1.807, 2.05) is 6.07 Å². The Kier molecular flexibility index (Phi) is 5.16. The lowest BCUT2D eigenvalue weighted by Crippen LogP contribution is -2.52. The number of halogens is 2. The molecule has 9 heteroatoms. The summed E-state index contributed by atoms with van der Waals surface area (Å²) in [5, 5.41) is 2.77. The smallest absolute Gasteiger partial charge is 0.266 e. The first-order chi connectivity index (χ1) is 13.8. The molecule has 2 aliphatic rings. The third kappa shape index (κ3) is 4.34. The van der Waals surface area contributed by atoms with Crippen molar-refractivity contribution in [1.29, 1.82) is 0 Å². The summed E-state index contributed by atoms with van der Waals surface area (Å²) in [7, 11) is 0. The highest BCUT2D eigenvalue weighted by Gasteiger charge is 2.47. The minimum Gasteiger partial charge on any atom is -0.326 e. The molecule has 2 fully saturated rings. The minimum atomic E-state index is -2.96. The van der Waals surface area contributed by atoms with Crippen LogP contribution in [0.5, 0.6) is 0 Å². The van der Waals surface area contributed by atoms with Gasteiger partial charge in [-0.3, -0.25) is 19.5 Å². The summed E-state index contributed by atoms with van der Waals surface area (Å²) < 4.78 is 29.0. The number of nitrogens with zero attached hydrogens (tertiary/aromatic N) is 3. The van der Waals surface area contributed by atoms with E-state index in [2.05, 4.69) is 20.3 Å². The maximum atomic E-state index is 14.5. The van der Waals surface area contributed by atoms with E-state index in [-0.39, 0.29) is 31.1 Å². The zero-order valence-electron chi connectivity index (χ0n) is 16.1. The van der Waals surface area contributed by atoms with Gasteiger partial charge in [0, 0.05) is 31.9 Å². The number of pyridine rings is 1. The lowest BCUT2D eigenvalue weighted by Gasteiger charge is -2.40. The average Bonchev–Trinajstić information content (AvgIpc) is 3.54. The molecule has 0 spiro atoms. The van der Waals surface area contributed by atoms with Crippen LogP contribution in [0, 0.1) is 0 Å². The number of likely N-dealkylation sites (tertiary alicyclic amines) is 1. The minimum absolute atomic E-state index is 0.0331. The zero-order valence-corrected chi connectivity index (χ0v) is 16.1. The van der Waals surface area contributed by atoms with Gasteiger partial charge in [-0.1, -0.05) is 6.07 Å². The Hall–Kier alpha value is -2.68. The van der Waals surface area contributed by atoms with Crippen LogP contribution < -0.4 is 10.9 Å². The van der Waals surface area contributed by atoms with Gasteiger partial charge in [-0.05, 0) is 37.3 Å². The summed E-state index contributed by atoms with van der Waals surface area (Å²) in [6.45, 7) is 1.75. The van der Waals surface area contributed by atoms with E-state index in [1.165, 1.54) is 24.6 Å². The molecule has 0 unspecified atom stereocenters. The Balaban J connectivity index is 1.43. The Morgan fingerprint density at radius 3 is 2.72 bits per heavy atom. The number of carbonyl (C=O) groups excluding carboxylic acids is 1. The van der Waals surface area contributed by atoms with E-state index in [9.17, 15) is 18.4 Å². The third-order valence-corrected chi connectivity index (χ3v) is 5.72. The predicted molar refractivity (Wildman–Crippen MR) is 103 cm³/mol. The number of alkyl halides is 2. The van der Waals surface area contributed by atoms with E-state index in [0.29, 0.717) is 11.7 Å². The summed E-state index contributed by atoms with van der Waals surface area (Å²) in [4.78, 5) is 36.1. The summed E-state index contributed by atoms with van der Waals surface area (Å²) in [5.41, 5.74) is 0.840. The number of hydrogen-bond acceptors (Lipinski definition) is 5. The molecule has 2 N–H and O–H groups in total. The van der Waals surface area contributed by atoms with Gasteiger partial charge in [-0.15, -0.1) is 0 Å². The molecule has 154 valence electrons. The molecule has 0 bridgehead atoms. The number of amides is 1. The second-order valence-corrected chi connectivity index (χ2v) is 7.81. The topological polar surface area (TPSA) is 91.0 Å². The second-order valence-electron chi connectivity index (χ2n) is 7.81. The fraction of sp³-hybridized carbons (Fsp3) is 0.500. The van der Waals surface area contributed by atoms with E-state index >= 15 is 0 Å². The largest absolute Gasteiger partial charge is 0.326 e. The van der Waals surface area contributed by atoms with Gasteiger partial charge in [0.25, 0.3) is 11.5 Å². The summed E-state index contributed by atoms with van der Waals surface area (Å²) >= 11 is 0. The second kappa shape index (κ2) is 7.62. The molecule has 1 saturated heterocycles. The van der Waals surface area contributed by atoms with E-state index in [1.54, 1.807) is 24.1 Å². The number of H-pyrrole nitrogens is 1. The van der Waals surface area contributed by atoms with Crippen LogP contribution in [0.2, 0.25) is 0 Å². The van der Waals surface area contributed by atoms with Gasteiger partial charge in [0.15, 0.2) is 0 Å². The van der Waals surface area contributed by atoms with Crippen LogP contribution in [0.15, 0.2) is 35.5 Å². The molecule has 3 heterocycles. The average molecular weight is 403 g/mol. The van der Waals surface area contributed by atoms with Crippen molar-refractivity contribution in [2.24, 2.45) is 0 Å². The maximum absolute atomic E-state index is 14.5. The van der Waals surface area contributed by atoms with Crippen LogP contribution >= 0.6 is 0 Å². The molecule has 1 aliphatic heterocycles. The van der Waals surface area contributed by atoms with Crippen molar-refractivity contribution in [3.8, 4) is 0 Å². The number of hydrogen-bond donors (Lipinski definition) is 2. The normalized spacial score (nSPS) is 22.8. The first kappa shape index (κ1) is 19.6. The Morgan fingerprint density at radius 2 is 2.10 bits per heavy atom. The SMILES string of the molecule is C[C@@H](C(=O)Nc1ccc(C2CC2)cn1)N1CCC(F)(F)[C@@H](c2c[nH]c(=O)cn2)C1. The molecule has 0 aromatic carbocycles. The zero-order chi connectivity index (χ0) is 20.6. The molecular weight excluding hydrogens is 380 g/mol. The molecule has 1 saturated carbocycles. The van der Waals surface area contributed by atoms with E-state index in [0.717, 1.165) is 6.20 Å². The van der Waals surface area contributed by atoms with Crippen molar-refractivity contribution in [1.82, 2.24) is 19.9 Å². The van der Waals surface area contributed by atoms with Crippen molar-refractivity contribution in [3.05, 3.63) is 52.3 Å². The number of piperidine rings is 1. The van der Waals surface area contributed by atoms with Gasteiger partial charge in [0.05, 0.1) is 23.9 Å². The highest BCUT2D eigenvalue weighted by Crippen LogP contribution is 2.40. The van der Waals surface area contributed by atoms with Crippen LogP contribution in [0.25, 0.3) is 0 Å². The Labute approximate surface area is 166 Å². The molecule has 2 aromatic rings. The Bertz CT molecular complexity index is 922. The number of nitrogens with one attached hydrogen (secondary N) is 2. The molecular formula is C20H23F2N5O2. The summed E-state index contributed by atoms with van der Waals surface area (Å²) in [5.74, 6) is -3.42. The van der Waals surface area contributed by atoms with Crippen molar-refractivity contribution < 1.29 is 13.6 Å². The summed E-state index contributed by atoms with van der Waals surface area (Å²) in [6.07, 6.45) is 5.96. The Morgan fingerprint density at radius 1 is 1.31 bits per heavy atom. The van der Waals surface area contributed by atoms with Crippen LogP contribution in [0.3, 0.4) is 0 Å². The van der Waals surface area contributed by atoms with E-state index < -0.39 is 23.4 Å².